The summed E-state index contributed by atoms with van der Waals surface area (Å²) in [7, 11) is -4.25. The molecule has 1 amide bonds. The molecule has 0 aliphatic heterocycles. The van der Waals surface area contributed by atoms with Crippen molar-refractivity contribution in [1.29, 1.82) is 0 Å². The Morgan fingerprint density at radius 2 is 1.82 bits per heavy atom. The molecule has 3 N–H and O–H groups in total. The summed E-state index contributed by atoms with van der Waals surface area (Å²) in [5.74, 6) is -0.0787. The van der Waals surface area contributed by atoms with Crippen molar-refractivity contribution in [2.45, 2.75) is 6.92 Å². The van der Waals surface area contributed by atoms with E-state index in [0.717, 1.165) is 0 Å². The zero-order chi connectivity index (χ0) is 17.4. The number of carbonyl (C=O) groups is 1. The van der Waals surface area contributed by atoms with E-state index in [0.29, 0.717) is 0 Å². The summed E-state index contributed by atoms with van der Waals surface area (Å²) in [5, 5.41) is 2.33. The Labute approximate surface area is 131 Å². The second-order valence-corrected chi connectivity index (χ2v) is 4.83. The van der Waals surface area contributed by atoms with E-state index in [-0.39, 0.29) is 12.5 Å². The van der Waals surface area contributed by atoms with Crippen LogP contribution in [0.1, 0.15) is 12.5 Å². The second kappa shape index (κ2) is 14.0. The van der Waals surface area contributed by atoms with Crippen LogP contribution in [0.3, 0.4) is 0 Å². The highest BCUT2D eigenvalue weighted by Gasteiger charge is 2.10. The Bertz CT molecular complexity index is 496. The van der Waals surface area contributed by atoms with E-state index in [2.05, 4.69) is 29.6 Å². The lowest BCUT2D eigenvalue weighted by molar-refractivity contribution is -0.118. The number of phosphoric acid groups is 1. The summed E-state index contributed by atoms with van der Waals surface area (Å²) in [6.45, 7) is 11.4. The minimum absolute atomic E-state index is 0.0787. The topological polar surface area (TPSA) is 95.9 Å². The van der Waals surface area contributed by atoms with Gasteiger partial charge in [0.15, 0.2) is 0 Å². The average molecular weight is 327 g/mol. The monoisotopic (exact) mass is 327 g/mol. The number of benzene rings is 1. The molecule has 0 unspecified atom stereocenters. The molecule has 0 fully saturated rings. The molecule has 1 rings (SSSR count). The van der Waals surface area contributed by atoms with Crippen molar-refractivity contribution in [1.82, 2.24) is 5.32 Å². The minimum Gasteiger partial charge on any atom is -0.334 e. The molecule has 22 heavy (non-hydrogen) atoms. The quantitative estimate of drug-likeness (QED) is 0.571. The van der Waals surface area contributed by atoms with E-state index < -0.39 is 7.82 Å². The molecule has 0 radical (unpaired) electrons. The largest absolute Gasteiger partial charge is 0.469 e. The normalized spacial score (nSPS) is 9.05. The fourth-order valence-corrected chi connectivity index (χ4v) is 1.18. The number of amides is 1. The predicted molar refractivity (Wildman–Crippen MR) is 88.7 cm³/mol. The summed E-state index contributed by atoms with van der Waals surface area (Å²) in [6, 6.07) is 10.0. The molecule has 0 aromatic heterocycles. The molecule has 0 bridgehead atoms. The maximum absolute atomic E-state index is 9.86. The van der Waals surface area contributed by atoms with E-state index in [1.807, 2.05) is 36.4 Å². The summed E-state index contributed by atoms with van der Waals surface area (Å²) >= 11 is 0. The molecule has 122 valence electrons. The van der Waals surface area contributed by atoms with Crippen LogP contribution in [0.15, 0.2) is 62.3 Å². The molecule has 0 aliphatic rings. The zero-order valence-electron chi connectivity index (χ0n) is 12.5. The number of rotatable bonds is 5. The molecule has 0 saturated heterocycles. The van der Waals surface area contributed by atoms with Crippen molar-refractivity contribution in [2.75, 3.05) is 6.61 Å². The summed E-state index contributed by atoms with van der Waals surface area (Å²) in [6.07, 6.45) is 4.45. The first kappa shape index (κ1) is 22.3. The van der Waals surface area contributed by atoms with Crippen LogP contribution in [0.5, 0.6) is 0 Å². The fraction of sp³-hybridized carbons (Fsp3) is 0.133. The highest BCUT2D eigenvalue weighted by atomic mass is 31.2. The Morgan fingerprint density at radius 3 is 2.00 bits per heavy atom. The highest BCUT2D eigenvalue weighted by Crippen LogP contribution is 2.35. The van der Waals surface area contributed by atoms with Gasteiger partial charge in [-0.15, -0.1) is 6.58 Å². The lowest BCUT2D eigenvalue weighted by atomic mass is 10.2. The number of hydrogen-bond acceptors (Lipinski definition) is 3. The van der Waals surface area contributed by atoms with Gasteiger partial charge < -0.3 is 15.1 Å². The van der Waals surface area contributed by atoms with Crippen LogP contribution in [0.25, 0.3) is 6.08 Å². The van der Waals surface area contributed by atoms with Crippen molar-refractivity contribution < 1.29 is 23.7 Å². The van der Waals surface area contributed by atoms with Crippen LogP contribution in [0.4, 0.5) is 0 Å². The first-order valence-corrected chi connectivity index (χ1v) is 7.66. The third kappa shape index (κ3) is 20.3. The Balaban J connectivity index is 0. The van der Waals surface area contributed by atoms with Gasteiger partial charge in [0.05, 0.1) is 6.61 Å². The molecule has 0 saturated carbocycles. The van der Waals surface area contributed by atoms with E-state index in [1.165, 1.54) is 24.8 Å². The number of carbonyl (C=O) groups excluding carboxylic acids is 1. The van der Waals surface area contributed by atoms with Gasteiger partial charge in [0.25, 0.3) is 0 Å². The standard InChI is InChI=1S/C8H8.C4H7NO.C3H7O4P/c1-2-8-6-4-3-5-7-8;1-3-5-4(2)6;1-2-3-7-8(4,5)6/h2-7H,1H2;3H,1H2,2H3,(H,5,6);2H,1,3H2,(H2,4,5,6). The lowest BCUT2D eigenvalue weighted by Crippen LogP contribution is -2.10. The summed E-state index contributed by atoms with van der Waals surface area (Å²) < 4.78 is 13.7. The van der Waals surface area contributed by atoms with Gasteiger partial charge >= 0.3 is 7.82 Å². The van der Waals surface area contributed by atoms with Crippen molar-refractivity contribution in [2.24, 2.45) is 0 Å². The first-order valence-electron chi connectivity index (χ1n) is 6.13. The number of phosphoric ester groups is 1. The van der Waals surface area contributed by atoms with Crippen LogP contribution in [-0.2, 0) is 13.9 Å². The maximum Gasteiger partial charge on any atom is 0.469 e. The minimum atomic E-state index is -4.25. The van der Waals surface area contributed by atoms with Gasteiger partial charge in [0.1, 0.15) is 0 Å². The van der Waals surface area contributed by atoms with Crippen molar-refractivity contribution in [3.05, 3.63) is 67.9 Å². The maximum atomic E-state index is 9.86. The van der Waals surface area contributed by atoms with E-state index in [9.17, 15) is 9.36 Å². The van der Waals surface area contributed by atoms with Crippen LogP contribution in [-0.4, -0.2) is 22.3 Å². The van der Waals surface area contributed by atoms with Crippen LogP contribution >= 0.6 is 7.82 Å². The van der Waals surface area contributed by atoms with Crippen LogP contribution < -0.4 is 5.32 Å². The highest BCUT2D eigenvalue weighted by molar-refractivity contribution is 7.46. The molecule has 1 aromatic rings. The third-order valence-corrected chi connectivity index (χ3v) is 2.19. The summed E-state index contributed by atoms with van der Waals surface area (Å²) in [5.41, 5.74) is 1.17. The average Bonchev–Trinajstić information content (AvgIpc) is 2.46. The van der Waals surface area contributed by atoms with Gasteiger partial charge in [-0.2, -0.15) is 0 Å². The second-order valence-electron chi connectivity index (χ2n) is 3.59. The Morgan fingerprint density at radius 1 is 1.27 bits per heavy atom. The molecule has 0 aliphatic carbocycles. The molecule has 6 nitrogen and oxygen atoms in total. The van der Waals surface area contributed by atoms with Gasteiger partial charge in [-0.3, -0.25) is 9.32 Å². The Kier molecular flexibility index (Phi) is 14.2. The Hall–Kier alpha value is -1.98. The van der Waals surface area contributed by atoms with E-state index in [1.54, 1.807) is 0 Å². The number of nitrogens with one attached hydrogen (secondary N) is 1. The van der Waals surface area contributed by atoms with Crippen molar-refractivity contribution in [3.63, 3.8) is 0 Å². The molecule has 0 heterocycles. The smallest absolute Gasteiger partial charge is 0.334 e. The van der Waals surface area contributed by atoms with Crippen molar-refractivity contribution in [3.8, 4) is 0 Å². The SMILES string of the molecule is C=CCOP(=O)(O)O.C=CNC(C)=O.C=Cc1ccccc1. The molecule has 0 atom stereocenters. The van der Waals surface area contributed by atoms with E-state index >= 15 is 0 Å². The molecule has 0 spiro atoms. The van der Waals surface area contributed by atoms with Gasteiger partial charge in [-0.1, -0.05) is 55.6 Å². The van der Waals surface area contributed by atoms with Crippen LogP contribution in [0.2, 0.25) is 0 Å². The molecular weight excluding hydrogens is 305 g/mol. The molecular formula is C15H22NO5P. The summed E-state index contributed by atoms with van der Waals surface area (Å²) in [4.78, 5) is 25.8. The zero-order valence-corrected chi connectivity index (χ0v) is 13.4. The van der Waals surface area contributed by atoms with Crippen molar-refractivity contribution >= 4 is 19.8 Å². The fourth-order valence-electron chi connectivity index (χ4n) is 0.883. The van der Waals surface area contributed by atoms with Gasteiger partial charge in [-0.05, 0) is 11.8 Å². The first-order chi connectivity index (χ1) is 10.3. The third-order valence-electron chi connectivity index (χ3n) is 1.70. The van der Waals surface area contributed by atoms with E-state index in [4.69, 9.17) is 9.79 Å². The number of hydrogen-bond donors (Lipinski definition) is 3. The van der Waals surface area contributed by atoms with Gasteiger partial charge in [-0.25, -0.2) is 4.57 Å². The molecule has 7 heteroatoms. The lowest BCUT2D eigenvalue weighted by Gasteiger charge is -1.98. The predicted octanol–water partition coefficient (Wildman–Crippen LogP) is 2.88. The molecule has 1 aromatic carbocycles. The van der Waals surface area contributed by atoms with Crippen LogP contribution in [0, 0.1) is 0 Å². The van der Waals surface area contributed by atoms with Gasteiger partial charge in [0.2, 0.25) is 5.91 Å². The van der Waals surface area contributed by atoms with Gasteiger partial charge in [0, 0.05) is 6.92 Å².